The molecule has 0 unspecified atom stereocenters. The van der Waals surface area contributed by atoms with Crippen molar-refractivity contribution in [3.05, 3.63) is 27.6 Å². The van der Waals surface area contributed by atoms with Gasteiger partial charge in [0.15, 0.2) is 11.5 Å². The lowest BCUT2D eigenvalue weighted by Gasteiger charge is -2.18. The predicted molar refractivity (Wildman–Crippen MR) is 98.5 cm³/mol. The number of halogens is 1. The van der Waals surface area contributed by atoms with Crippen LogP contribution in [0.15, 0.2) is 17.0 Å². The Morgan fingerprint density at radius 2 is 2.04 bits per heavy atom. The maximum atomic E-state index is 12.5. The first-order chi connectivity index (χ1) is 12.3. The number of carbonyl (C=O) groups excluding carboxylic acids is 3. The highest BCUT2D eigenvalue weighted by molar-refractivity contribution is 8.18. The molecule has 0 N–H and O–H groups in total. The van der Waals surface area contributed by atoms with Gasteiger partial charge < -0.3 is 14.2 Å². The average molecular weight is 400 g/mol. The molecule has 0 bridgehead atoms. The van der Waals surface area contributed by atoms with E-state index < -0.39 is 23.2 Å². The van der Waals surface area contributed by atoms with Crippen LogP contribution in [-0.4, -0.2) is 48.9 Å². The third-order valence-electron chi connectivity index (χ3n) is 3.59. The van der Waals surface area contributed by atoms with E-state index >= 15 is 0 Å². The lowest BCUT2D eigenvalue weighted by molar-refractivity contribution is -0.148. The first-order valence-electron chi connectivity index (χ1n) is 7.69. The van der Waals surface area contributed by atoms with E-state index in [1.807, 2.05) is 6.92 Å². The van der Waals surface area contributed by atoms with Gasteiger partial charge >= 0.3 is 5.97 Å². The van der Waals surface area contributed by atoms with Crippen LogP contribution >= 0.6 is 23.4 Å². The lowest BCUT2D eigenvalue weighted by atomic mass is 10.1. The Balaban J connectivity index is 2.36. The standard InChI is InChI=1S/C17H18ClNO6S/c1-5-25-14-11(18)6-10(7-12(14)23-3)8-13-15(20)19(17(22)26-13)9(2)16(21)24-4/h6-9H,5H2,1-4H3/b13-8+/t9-/m1/s1. The Bertz CT molecular complexity index is 779. The van der Waals surface area contributed by atoms with Crippen LogP contribution in [0.5, 0.6) is 11.5 Å². The molecule has 140 valence electrons. The zero-order chi connectivity index (χ0) is 19.4. The van der Waals surface area contributed by atoms with E-state index in [1.165, 1.54) is 27.2 Å². The quantitative estimate of drug-likeness (QED) is 0.535. The monoisotopic (exact) mass is 399 g/mol. The Kier molecular flexibility index (Phi) is 6.55. The normalized spacial score (nSPS) is 16.8. The molecule has 1 aliphatic rings. The maximum absolute atomic E-state index is 12.5. The highest BCUT2D eigenvalue weighted by Crippen LogP contribution is 2.39. The minimum Gasteiger partial charge on any atom is -0.493 e. The van der Waals surface area contributed by atoms with Crippen LogP contribution in [0.25, 0.3) is 6.08 Å². The van der Waals surface area contributed by atoms with Crippen molar-refractivity contribution >= 4 is 46.6 Å². The molecule has 1 aliphatic heterocycles. The number of rotatable bonds is 6. The van der Waals surface area contributed by atoms with Crippen molar-refractivity contribution in [2.75, 3.05) is 20.8 Å². The summed E-state index contributed by atoms with van der Waals surface area (Å²) in [4.78, 5) is 37.3. The molecule has 2 amide bonds. The second kappa shape index (κ2) is 8.46. The van der Waals surface area contributed by atoms with Crippen molar-refractivity contribution in [2.24, 2.45) is 0 Å². The Hall–Kier alpha value is -2.19. The van der Waals surface area contributed by atoms with Crippen molar-refractivity contribution in [3.8, 4) is 11.5 Å². The molecule has 0 spiro atoms. The van der Waals surface area contributed by atoms with Gasteiger partial charge in [-0.1, -0.05) is 11.6 Å². The third kappa shape index (κ3) is 3.96. The summed E-state index contributed by atoms with van der Waals surface area (Å²) in [5.41, 5.74) is 0.562. The number of esters is 1. The molecular formula is C17H18ClNO6S. The molecule has 1 fully saturated rings. The molecule has 0 aliphatic carbocycles. The van der Waals surface area contributed by atoms with Crippen LogP contribution < -0.4 is 9.47 Å². The molecule has 0 radical (unpaired) electrons. The number of imide groups is 1. The zero-order valence-corrected chi connectivity index (χ0v) is 16.3. The van der Waals surface area contributed by atoms with Gasteiger partial charge in [-0.25, -0.2) is 4.79 Å². The third-order valence-corrected chi connectivity index (χ3v) is 4.76. The van der Waals surface area contributed by atoms with Gasteiger partial charge in [-0.3, -0.25) is 14.5 Å². The molecule has 2 rings (SSSR count). The van der Waals surface area contributed by atoms with Gasteiger partial charge in [-0.2, -0.15) is 0 Å². The second-order valence-electron chi connectivity index (χ2n) is 5.22. The summed E-state index contributed by atoms with van der Waals surface area (Å²) in [6.45, 7) is 3.67. The molecule has 26 heavy (non-hydrogen) atoms. The number of methoxy groups -OCH3 is 2. The molecule has 1 aromatic rings. The molecule has 1 aromatic carbocycles. The van der Waals surface area contributed by atoms with Crippen LogP contribution in [0, 0.1) is 0 Å². The van der Waals surface area contributed by atoms with Gasteiger partial charge in [0, 0.05) is 0 Å². The number of ether oxygens (including phenoxy) is 3. The van der Waals surface area contributed by atoms with Gasteiger partial charge in [0.1, 0.15) is 6.04 Å². The number of amides is 2. The van der Waals surface area contributed by atoms with Gasteiger partial charge in [-0.05, 0) is 49.4 Å². The molecule has 1 saturated heterocycles. The van der Waals surface area contributed by atoms with E-state index in [4.69, 9.17) is 21.1 Å². The summed E-state index contributed by atoms with van der Waals surface area (Å²) in [5, 5.41) is -0.220. The van der Waals surface area contributed by atoms with Crippen molar-refractivity contribution in [1.82, 2.24) is 4.90 Å². The highest BCUT2D eigenvalue weighted by atomic mass is 35.5. The number of hydrogen-bond donors (Lipinski definition) is 0. The molecule has 1 heterocycles. The minimum absolute atomic E-state index is 0.174. The van der Waals surface area contributed by atoms with Crippen molar-refractivity contribution < 1.29 is 28.6 Å². The number of thioether (sulfide) groups is 1. The Morgan fingerprint density at radius 3 is 2.62 bits per heavy atom. The molecule has 1 atom stereocenters. The maximum Gasteiger partial charge on any atom is 0.328 e. The number of nitrogens with zero attached hydrogens (tertiary/aromatic N) is 1. The van der Waals surface area contributed by atoms with Crippen LogP contribution in [0.1, 0.15) is 19.4 Å². The van der Waals surface area contributed by atoms with Crippen LogP contribution in [-0.2, 0) is 14.3 Å². The zero-order valence-electron chi connectivity index (χ0n) is 14.7. The summed E-state index contributed by atoms with van der Waals surface area (Å²) in [5.74, 6) is -0.421. The summed E-state index contributed by atoms with van der Waals surface area (Å²) < 4.78 is 15.3. The lowest BCUT2D eigenvalue weighted by Crippen LogP contribution is -2.42. The number of benzene rings is 1. The van der Waals surface area contributed by atoms with Gasteiger partial charge in [-0.15, -0.1) is 0 Å². The minimum atomic E-state index is -1.00. The summed E-state index contributed by atoms with van der Waals surface area (Å²) in [6.07, 6.45) is 1.51. The smallest absolute Gasteiger partial charge is 0.328 e. The van der Waals surface area contributed by atoms with Crippen molar-refractivity contribution in [1.29, 1.82) is 0 Å². The fourth-order valence-corrected chi connectivity index (χ4v) is 3.53. The SMILES string of the molecule is CCOc1c(Cl)cc(/C=C2/SC(=O)N([C@H](C)C(=O)OC)C2=O)cc1OC. The van der Waals surface area contributed by atoms with E-state index in [9.17, 15) is 14.4 Å². The van der Waals surface area contributed by atoms with Crippen LogP contribution in [0.2, 0.25) is 5.02 Å². The van der Waals surface area contributed by atoms with Gasteiger partial charge in [0.25, 0.3) is 11.1 Å². The largest absolute Gasteiger partial charge is 0.493 e. The first kappa shape index (κ1) is 20.1. The topological polar surface area (TPSA) is 82.1 Å². The van der Waals surface area contributed by atoms with Crippen LogP contribution in [0.4, 0.5) is 4.79 Å². The molecule has 0 saturated carbocycles. The number of hydrogen-bond acceptors (Lipinski definition) is 7. The molecule has 0 aromatic heterocycles. The van der Waals surface area contributed by atoms with E-state index in [0.29, 0.717) is 28.7 Å². The Labute approximate surface area is 160 Å². The fraction of sp³-hybridized carbons (Fsp3) is 0.353. The fourth-order valence-electron chi connectivity index (χ4n) is 2.35. The molecule has 9 heteroatoms. The van der Waals surface area contributed by atoms with E-state index in [-0.39, 0.29) is 4.91 Å². The van der Waals surface area contributed by atoms with Gasteiger partial charge in [0.2, 0.25) is 0 Å². The second-order valence-corrected chi connectivity index (χ2v) is 6.62. The van der Waals surface area contributed by atoms with E-state index in [2.05, 4.69) is 4.74 Å². The summed E-state index contributed by atoms with van der Waals surface area (Å²) >= 11 is 6.96. The van der Waals surface area contributed by atoms with Crippen molar-refractivity contribution in [2.45, 2.75) is 19.9 Å². The first-order valence-corrected chi connectivity index (χ1v) is 8.88. The van der Waals surface area contributed by atoms with Crippen molar-refractivity contribution in [3.63, 3.8) is 0 Å². The summed E-state index contributed by atoms with van der Waals surface area (Å²) in [6, 6.07) is 2.25. The Morgan fingerprint density at radius 1 is 1.35 bits per heavy atom. The van der Waals surface area contributed by atoms with Crippen LogP contribution in [0.3, 0.4) is 0 Å². The molecular weight excluding hydrogens is 382 g/mol. The molecule has 7 nitrogen and oxygen atoms in total. The average Bonchev–Trinajstić information content (AvgIpc) is 2.89. The van der Waals surface area contributed by atoms with Gasteiger partial charge in [0.05, 0.1) is 30.8 Å². The highest BCUT2D eigenvalue weighted by Gasteiger charge is 2.41. The predicted octanol–water partition coefficient (Wildman–Crippen LogP) is 3.35. The van der Waals surface area contributed by atoms with E-state index in [1.54, 1.807) is 12.1 Å². The number of carbonyl (C=O) groups is 3. The summed E-state index contributed by atoms with van der Waals surface area (Å²) in [7, 11) is 2.67. The van der Waals surface area contributed by atoms with E-state index in [0.717, 1.165) is 16.7 Å².